The lowest BCUT2D eigenvalue weighted by Gasteiger charge is -2.04. The number of fused-ring (bicyclic) bond motifs is 1. The molecular weight excluding hydrogens is 292 g/mol. The number of nitrogens with one attached hydrogen (secondary N) is 1. The van der Waals surface area contributed by atoms with Crippen LogP contribution in [-0.2, 0) is 11.5 Å². The van der Waals surface area contributed by atoms with E-state index in [1.54, 1.807) is 24.2 Å². The van der Waals surface area contributed by atoms with Crippen molar-refractivity contribution in [2.24, 2.45) is 0 Å². The van der Waals surface area contributed by atoms with Crippen LogP contribution in [0.2, 0.25) is 0 Å². The molecule has 7 heteroatoms. The number of benzene rings is 1. The van der Waals surface area contributed by atoms with E-state index in [-0.39, 0.29) is 0 Å². The van der Waals surface area contributed by atoms with Crippen LogP contribution in [0.25, 0.3) is 16.7 Å². The molecular formula is C16H14N6O. The fourth-order valence-corrected chi connectivity index (χ4v) is 2.15. The van der Waals surface area contributed by atoms with Gasteiger partial charge in [-0.15, -0.1) is 0 Å². The number of allylic oxidation sites excluding steroid dienone is 1. The Morgan fingerprint density at radius 3 is 2.87 bits per heavy atom. The third-order valence-electron chi connectivity index (χ3n) is 3.20. The van der Waals surface area contributed by atoms with Crippen LogP contribution in [0.4, 0.5) is 5.69 Å². The smallest absolute Gasteiger partial charge is 0.165 e. The zero-order chi connectivity index (χ0) is 16.1. The Bertz CT molecular complexity index is 878. The standard InChI is InChI=1S/C16H14N6O/c1-23-11-22-10-21-15-14(19-9-20-16(15)22)12(7-17)8-18-13-5-3-2-4-6-13/h2-6,8-10,18H,11H2,1H3/b12-8+. The van der Waals surface area contributed by atoms with Gasteiger partial charge in [0.05, 0.1) is 11.9 Å². The number of hydrogen-bond donors (Lipinski definition) is 1. The molecule has 0 aliphatic rings. The molecule has 0 atom stereocenters. The highest BCUT2D eigenvalue weighted by Crippen LogP contribution is 2.20. The molecule has 1 N–H and O–H groups in total. The molecule has 0 unspecified atom stereocenters. The Morgan fingerprint density at radius 1 is 1.30 bits per heavy atom. The van der Waals surface area contributed by atoms with Crippen molar-refractivity contribution in [2.45, 2.75) is 6.73 Å². The van der Waals surface area contributed by atoms with Gasteiger partial charge in [0.2, 0.25) is 0 Å². The van der Waals surface area contributed by atoms with Crippen LogP contribution in [-0.4, -0.2) is 26.6 Å². The molecule has 2 heterocycles. The first-order valence-electron chi connectivity index (χ1n) is 6.90. The van der Waals surface area contributed by atoms with Crippen LogP contribution in [0.5, 0.6) is 0 Å². The van der Waals surface area contributed by atoms with E-state index in [0.717, 1.165) is 5.69 Å². The lowest BCUT2D eigenvalue weighted by Crippen LogP contribution is -2.00. The number of methoxy groups -OCH3 is 1. The van der Waals surface area contributed by atoms with Gasteiger partial charge >= 0.3 is 0 Å². The largest absolute Gasteiger partial charge is 0.364 e. The predicted molar refractivity (Wildman–Crippen MR) is 86.0 cm³/mol. The zero-order valence-corrected chi connectivity index (χ0v) is 12.5. The number of para-hydroxylation sites is 1. The molecule has 114 valence electrons. The van der Waals surface area contributed by atoms with E-state index in [1.807, 2.05) is 30.3 Å². The van der Waals surface area contributed by atoms with E-state index >= 15 is 0 Å². The molecule has 2 aromatic heterocycles. The van der Waals surface area contributed by atoms with E-state index in [4.69, 9.17) is 4.74 Å². The van der Waals surface area contributed by atoms with Gasteiger partial charge in [0.15, 0.2) is 5.65 Å². The summed E-state index contributed by atoms with van der Waals surface area (Å²) in [5.41, 5.74) is 2.93. The summed E-state index contributed by atoms with van der Waals surface area (Å²) in [6.45, 7) is 0.334. The second-order valence-corrected chi connectivity index (χ2v) is 4.71. The minimum Gasteiger partial charge on any atom is -0.364 e. The van der Waals surface area contributed by atoms with Gasteiger partial charge in [-0.25, -0.2) is 15.0 Å². The van der Waals surface area contributed by atoms with Gasteiger partial charge in [-0.3, -0.25) is 4.57 Å². The fraction of sp³-hybridized carbons (Fsp3) is 0.125. The van der Waals surface area contributed by atoms with Crippen molar-refractivity contribution in [3.63, 3.8) is 0 Å². The molecule has 1 aromatic carbocycles. The molecule has 23 heavy (non-hydrogen) atoms. The predicted octanol–water partition coefficient (Wildman–Crippen LogP) is 2.41. The number of imidazole rings is 1. The highest BCUT2D eigenvalue weighted by atomic mass is 16.5. The molecule has 0 saturated carbocycles. The molecule has 0 radical (unpaired) electrons. The Labute approximate surface area is 132 Å². The number of nitrogens with zero attached hydrogens (tertiary/aromatic N) is 5. The van der Waals surface area contributed by atoms with E-state index in [2.05, 4.69) is 26.3 Å². The summed E-state index contributed by atoms with van der Waals surface area (Å²) in [5, 5.41) is 12.5. The van der Waals surface area contributed by atoms with Gasteiger partial charge in [0, 0.05) is 19.0 Å². The van der Waals surface area contributed by atoms with Crippen LogP contribution >= 0.6 is 0 Å². The number of ether oxygens (including phenoxy) is 1. The minimum absolute atomic E-state index is 0.334. The maximum Gasteiger partial charge on any atom is 0.165 e. The van der Waals surface area contributed by atoms with Gasteiger partial charge in [0.1, 0.15) is 30.3 Å². The van der Waals surface area contributed by atoms with E-state index in [9.17, 15) is 5.26 Å². The van der Waals surface area contributed by atoms with Gasteiger partial charge in [-0.2, -0.15) is 5.26 Å². The SMILES string of the molecule is COCn1cnc2c(/C(C#N)=C/Nc3ccccc3)ncnc21. The Kier molecular flexibility index (Phi) is 4.27. The average molecular weight is 306 g/mol. The summed E-state index contributed by atoms with van der Waals surface area (Å²) in [7, 11) is 1.60. The molecule has 0 aliphatic heterocycles. The number of anilines is 1. The van der Waals surface area contributed by atoms with Gasteiger partial charge < -0.3 is 10.1 Å². The average Bonchev–Trinajstić information content (AvgIpc) is 3.01. The first-order valence-corrected chi connectivity index (χ1v) is 6.90. The maximum absolute atomic E-state index is 9.45. The van der Waals surface area contributed by atoms with Crippen LogP contribution in [0.3, 0.4) is 0 Å². The Morgan fingerprint density at radius 2 is 2.13 bits per heavy atom. The van der Waals surface area contributed by atoms with Crippen LogP contribution < -0.4 is 5.32 Å². The monoisotopic (exact) mass is 306 g/mol. The molecule has 7 nitrogen and oxygen atoms in total. The summed E-state index contributed by atoms with van der Waals surface area (Å²) in [5.74, 6) is 0. The van der Waals surface area contributed by atoms with E-state index in [0.29, 0.717) is 29.2 Å². The summed E-state index contributed by atoms with van der Waals surface area (Å²) in [6, 6.07) is 11.7. The minimum atomic E-state index is 0.334. The number of hydrogen-bond acceptors (Lipinski definition) is 6. The Balaban J connectivity index is 1.98. The molecule has 0 aliphatic carbocycles. The zero-order valence-electron chi connectivity index (χ0n) is 12.5. The quantitative estimate of drug-likeness (QED) is 0.728. The van der Waals surface area contributed by atoms with E-state index < -0.39 is 0 Å². The molecule has 3 aromatic rings. The van der Waals surface area contributed by atoms with Gasteiger partial charge in [0.25, 0.3) is 0 Å². The molecule has 0 bridgehead atoms. The van der Waals surface area contributed by atoms with E-state index in [1.165, 1.54) is 6.33 Å². The number of rotatable bonds is 5. The second kappa shape index (κ2) is 6.68. The highest BCUT2D eigenvalue weighted by molar-refractivity contribution is 5.90. The lowest BCUT2D eigenvalue weighted by atomic mass is 10.2. The van der Waals surface area contributed by atoms with Crippen molar-refractivity contribution >= 4 is 22.4 Å². The summed E-state index contributed by atoms with van der Waals surface area (Å²) >= 11 is 0. The third kappa shape index (κ3) is 3.02. The molecule has 0 spiro atoms. The van der Waals surface area contributed by atoms with Crippen molar-refractivity contribution < 1.29 is 4.74 Å². The van der Waals surface area contributed by atoms with Crippen molar-refractivity contribution in [1.29, 1.82) is 5.26 Å². The van der Waals surface area contributed by atoms with Crippen LogP contribution in [0.15, 0.2) is 49.2 Å². The van der Waals surface area contributed by atoms with Crippen molar-refractivity contribution in [2.75, 3.05) is 12.4 Å². The first kappa shape index (κ1) is 14.7. The van der Waals surface area contributed by atoms with Crippen molar-refractivity contribution in [3.05, 3.63) is 54.9 Å². The molecule has 0 saturated heterocycles. The molecule has 0 amide bonds. The lowest BCUT2D eigenvalue weighted by molar-refractivity contribution is 0.134. The number of nitriles is 1. The summed E-state index contributed by atoms with van der Waals surface area (Å²) in [4.78, 5) is 12.7. The molecule has 0 fully saturated rings. The fourth-order valence-electron chi connectivity index (χ4n) is 2.15. The van der Waals surface area contributed by atoms with Crippen LogP contribution in [0.1, 0.15) is 5.69 Å². The van der Waals surface area contributed by atoms with Crippen molar-refractivity contribution in [3.8, 4) is 6.07 Å². The van der Waals surface area contributed by atoms with Gasteiger partial charge in [-0.1, -0.05) is 18.2 Å². The van der Waals surface area contributed by atoms with Crippen molar-refractivity contribution in [1.82, 2.24) is 19.5 Å². The first-order chi connectivity index (χ1) is 11.3. The highest BCUT2D eigenvalue weighted by Gasteiger charge is 2.13. The van der Waals surface area contributed by atoms with Crippen LogP contribution in [0, 0.1) is 11.3 Å². The topological polar surface area (TPSA) is 88.7 Å². The van der Waals surface area contributed by atoms with Gasteiger partial charge in [-0.05, 0) is 12.1 Å². The summed E-state index contributed by atoms with van der Waals surface area (Å²) in [6.07, 6.45) is 4.65. The molecule has 3 rings (SSSR count). The third-order valence-corrected chi connectivity index (χ3v) is 3.20. The second-order valence-electron chi connectivity index (χ2n) is 4.71. The Hall–Kier alpha value is -3.24. The maximum atomic E-state index is 9.45. The number of aromatic nitrogens is 4. The summed E-state index contributed by atoms with van der Waals surface area (Å²) < 4.78 is 6.85. The normalized spacial score (nSPS) is 11.4.